The van der Waals surface area contributed by atoms with Crippen molar-refractivity contribution in [1.82, 2.24) is 4.90 Å². The highest BCUT2D eigenvalue weighted by atomic mass is 79.9. The lowest BCUT2D eigenvalue weighted by molar-refractivity contribution is -0.125. The van der Waals surface area contributed by atoms with Gasteiger partial charge in [0.05, 0.1) is 0 Å². The summed E-state index contributed by atoms with van der Waals surface area (Å²) in [6.07, 6.45) is 0.217. The lowest BCUT2D eigenvalue weighted by atomic mass is 9.80. The lowest BCUT2D eigenvalue weighted by Gasteiger charge is -2.26. The SMILES string of the molecule is CC(C)(C)C1CC(=O)N(C(=O)c2c(F)cc(Br)cc2F)C1. The van der Waals surface area contributed by atoms with Crippen molar-refractivity contribution in [2.45, 2.75) is 27.2 Å². The summed E-state index contributed by atoms with van der Waals surface area (Å²) in [7, 11) is 0. The van der Waals surface area contributed by atoms with Gasteiger partial charge in [-0.15, -0.1) is 0 Å². The molecule has 1 aromatic rings. The smallest absolute Gasteiger partial charge is 0.266 e. The van der Waals surface area contributed by atoms with Gasteiger partial charge in [0, 0.05) is 17.4 Å². The first-order valence-electron chi connectivity index (χ1n) is 6.60. The van der Waals surface area contributed by atoms with Gasteiger partial charge in [0.25, 0.3) is 5.91 Å². The van der Waals surface area contributed by atoms with Crippen LogP contribution in [0.5, 0.6) is 0 Å². The van der Waals surface area contributed by atoms with E-state index in [1.807, 2.05) is 20.8 Å². The number of nitrogens with zero attached hydrogens (tertiary/aromatic N) is 1. The van der Waals surface area contributed by atoms with Gasteiger partial charge < -0.3 is 0 Å². The van der Waals surface area contributed by atoms with Crippen molar-refractivity contribution >= 4 is 27.7 Å². The minimum atomic E-state index is -0.973. The molecule has 1 unspecified atom stereocenters. The van der Waals surface area contributed by atoms with Crippen molar-refractivity contribution in [3.05, 3.63) is 33.8 Å². The maximum Gasteiger partial charge on any atom is 0.266 e. The Morgan fingerprint density at radius 2 is 1.81 bits per heavy atom. The second-order valence-electron chi connectivity index (χ2n) is 6.32. The van der Waals surface area contributed by atoms with E-state index in [9.17, 15) is 18.4 Å². The third-order valence-electron chi connectivity index (χ3n) is 3.82. The van der Waals surface area contributed by atoms with E-state index >= 15 is 0 Å². The number of rotatable bonds is 1. The summed E-state index contributed by atoms with van der Waals surface area (Å²) in [5.74, 6) is -3.26. The zero-order chi connectivity index (χ0) is 15.9. The van der Waals surface area contributed by atoms with Crippen LogP contribution in [0.1, 0.15) is 37.6 Å². The van der Waals surface area contributed by atoms with E-state index in [0.29, 0.717) is 0 Å². The maximum absolute atomic E-state index is 13.8. The Bertz CT molecular complexity index is 587. The van der Waals surface area contributed by atoms with Crippen molar-refractivity contribution in [3.8, 4) is 0 Å². The van der Waals surface area contributed by atoms with Crippen molar-refractivity contribution in [3.63, 3.8) is 0 Å². The molecule has 1 aliphatic rings. The van der Waals surface area contributed by atoms with E-state index in [0.717, 1.165) is 17.0 Å². The monoisotopic (exact) mass is 359 g/mol. The quantitative estimate of drug-likeness (QED) is 0.716. The summed E-state index contributed by atoms with van der Waals surface area (Å²) in [6, 6.07) is 2.02. The average Bonchev–Trinajstić information content (AvgIpc) is 2.69. The molecule has 6 heteroatoms. The van der Waals surface area contributed by atoms with Gasteiger partial charge in [0.1, 0.15) is 17.2 Å². The Balaban J connectivity index is 2.32. The Morgan fingerprint density at radius 1 is 1.29 bits per heavy atom. The van der Waals surface area contributed by atoms with Crippen LogP contribution in [-0.2, 0) is 4.79 Å². The zero-order valence-electron chi connectivity index (χ0n) is 12.0. The highest BCUT2D eigenvalue weighted by Crippen LogP contribution is 2.35. The number of amides is 2. The van der Waals surface area contributed by atoms with Crippen LogP contribution < -0.4 is 0 Å². The molecule has 1 fully saturated rings. The Morgan fingerprint density at radius 3 is 2.24 bits per heavy atom. The summed E-state index contributed by atoms with van der Waals surface area (Å²) in [4.78, 5) is 25.2. The minimum absolute atomic E-state index is 0.0180. The molecule has 0 N–H and O–H groups in total. The molecule has 0 saturated carbocycles. The van der Waals surface area contributed by atoms with E-state index in [2.05, 4.69) is 15.9 Å². The largest absolute Gasteiger partial charge is 0.278 e. The number of imide groups is 1. The number of carbonyl (C=O) groups excluding carboxylic acids is 2. The predicted octanol–water partition coefficient (Wildman–Crippen LogP) is 3.76. The molecule has 2 rings (SSSR count). The topological polar surface area (TPSA) is 37.4 Å². The fourth-order valence-corrected chi connectivity index (χ4v) is 2.77. The summed E-state index contributed by atoms with van der Waals surface area (Å²) in [5.41, 5.74) is -0.831. The Kier molecular flexibility index (Phi) is 4.19. The van der Waals surface area contributed by atoms with Crippen molar-refractivity contribution in [1.29, 1.82) is 0 Å². The molecule has 0 aliphatic carbocycles. The van der Waals surface area contributed by atoms with Gasteiger partial charge >= 0.3 is 0 Å². The molecule has 1 heterocycles. The molecule has 1 aliphatic heterocycles. The van der Waals surface area contributed by atoms with Crippen LogP contribution in [0, 0.1) is 23.0 Å². The minimum Gasteiger partial charge on any atom is -0.278 e. The summed E-state index contributed by atoms with van der Waals surface area (Å²) >= 11 is 2.96. The van der Waals surface area contributed by atoms with Crippen LogP contribution in [0.3, 0.4) is 0 Å². The van der Waals surface area contributed by atoms with Crippen LogP contribution in [0.2, 0.25) is 0 Å². The average molecular weight is 360 g/mol. The van der Waals surface area contributed by atoms with Crippen LogP contribution in [0.15, 0.2) is 16.6 Å². The van der Waals surface area contributed by atoms with Gasteiger partial charge in [-0.3, -0.25) is 14.5 Å². The molecular formula is C15H16BrF2NO2. The summed E-state index contributed by atoms with van der Waals surface area (Å²) in [5, 5.41) is 0. The number of hydrogen-bond donors (Lipinski definition) is 0. The van der Waals surface area contributed by atoms with Crippen LogP contribution in [-0.4, -0.2) is 23.3 Å². The van der Waals surface area contributed by atoms with Gasteiger partial charge in [-0.1, -0.05) is 36.7 Å². The number of carbonyl (C=O) groups is 2. The third kappa shape index (κ3) is 3.15. The molecule has 1 saturated heterocycles. The van der Waals surface area contributed by atoms with Gasteiger partial charge in [-0.05, 0) is 23.5 Å². The van der Waals surface area contributed by atoms with Gasteiger partial charge in [-0.2, -0.15) is 0 Å². The second kappa shape index (κ2) is 5.48. The molecule has 0 radical (unpaired) electrons. The fourth-order valence-electron chi connectivity index (χ4n) is 2.37. The van der Waals surface area contributed by atoms with E-state index in [1.165, 1.54) is 0 Å². The summed E-state index contributed by atoms with van der Waals surface area (Å²) in [6.45, 7) is 6.11. The molecule has 1 atom stereocenters. The van der Waals surface area contributed by atoms with Crippen LogP contribution in [0.25, 0.3) is 0 Å². The molecule has 0 spiro atoms. The highest BCUT2D eigenvalue weighted by molar-refractivity contribution is 9.10. The van der Waals surface area contributed by atoms with Crippen LogP contribution >= 0.6 is 15.9 Å². The van der Waals surface area contributed by atoms with Crippen molar-refractivity contribution in [2.75, 3.05) is 6.54 Å². The first kappa shape index (κ1) is 16.1. The molecule has 2 amide bonds. The van der Waals surface area contributed by atoms with Gasteiger partial charge in [0.15, 0.2) is 0 Å². The second-order valence-corrected chi connectivity index (χ2v) is 7.24. The number of hydrogen-bond acceptors (Lipinski definition) is 2. The van der Waals surface area contributed by atoms with Crippen molar-refractivity contribution < 1.29 is 18.4 Å². The van der Waals surface area contributed by atoms with Crippen LogP contribution in [0.4, 0.5) is 8.78 Å². The van der Waals surface area contributed by atoms with Gasteiger partial charge in [0.2, 0.25) is 5.91 Å². The Labute approximate surface area is 130 Å². The molecule has 21 heavy (non-hydrogen) atoms. The molecule has 114 valence electrons. The van der Waals surface area contributed by atoms with E-state index in [4.69, 9.17) is 0 Å². The van der Waals surface area contributed by atoms with E-state index in [-0.39, 0.29) is 34.7 Å². The first-order chi connectivity index (χ1) is 9.61. The zero-order valence-corrected chi connectivity index (χ0v) is 13.6. The molecular weight excluding hydrogens is 344 g/mol. The number of benzene rings is 1. The fraction of sp³-hybridized carbons (Fsp3) is 0.467. The molecule has 1 aromatic carbocycles. The molecule has 0 aromatic heterocycles. The number of likely N-dealkylation sites (tertiary alicyclic amines) is 1. The normalized spacial score (nSPS) is 19.2. The predicted molar refractivity (Wildman–Crippen MR) is 77.7 cm³/mol. The van der Waals surface area contributed by atoms with E-state index in [1.54, 1.807) is 0 Å². The standard InChI is InChI=1S/C15H16BrF2NO2/c1-15(2,3)8-4-12(20)19(7-8)14(21)13-10(17)5-9(16)6-11(13)18/h5-6,8H,4,7H2,1-3H3. The lowest BCUT2D eigenvalue weighted by Crippen LogP contribution is -2.34. The van der Waals surface area contributed by atoms with E-state index < -0.39 is 23.1 Å². The molecule has 3 nitrogen and oxygen atoms in total. The van der Waals surface area contributed by atoms with Gasteiger partial charge in [-0.25, -0.2) is 8.78 Å². The first-order valence-corrected chi connectivity index (χ1v) is 7.40. The maximum atomic E-state index is 13.8. The van der Waals surface area contributed by atoms with Crippen molar-refractivity contribution in [2.24, 2.45) is 11.3 Å². The highest BCUT2D eigenvalue weighted by Gasteiger charge is 2.41. The Hall–Kier alpha value is -1.30. The third-order valence-corrected chi connectivity index (χ3v) is 4.27. The molecule has 0 bridgehead atoms. The summed E-state index contributed by atoms with van der Waals surface area (Å²) < 4.78 is 27.9. The number of halogens is 3.